The van der Waals surface area contributed by atoms with E-state index < -0.39 is 0 Å². The predicted octanol–water partition coefficient (Wildman–Crippen LogP) is 2.87. The maximum Gasteiger partial charge on any atom is 0.263 e. The number of amides is 1. The van der Waals surface area contributed by atoms with Gasteiger partial charge in [-0.2, -0.15) is 0 Å². The number of nitrogens with zero attached hydrogens (tertiary/aromatic N) is 3. The second-order valence-corrected chi connectivity index (χ2v) is 11.6. The van der Waals surface area contributed by atoms with Gasteiger partial charge in [-0.25, -0.2) is 14.4 Å². The minimum Gasteiger partial charge on any atom is -0.397 e. The summed E-state index contributed by atoms with van der Waals surface area (Å²) in [4.78, 5) is 25.6. The van der Waals surface area contributed by atoms with Gasteiger partial charge >= 0.3 is 0 Å². The number of carbonyl (C=O) groups is 1. The number of rotatable bonds is 3. The molecular formula is C26H31FN6O2S. The van der Waals surface area contributed by atoms with E-state index in [2.05, 4.69) is 10.3 Å². The van der Waals surface area contributed by atoms with E-state index in [1.807, 2.05) is 24.8 Å². The van der Waals surface area contributed by atoms with Gasteiger partial charge in [0.2, 0.25) is 0 Å². The van der Waals surface area contributed by atoms with E-state index in [4.69, 9.17) is 21.2 Å². The number of ether oxygens (including phenoxy) is 1. The first kappa shape index (κ1) is 23.6. The van der Waals surface area contributed by atoms with E-state index in [9.17, 15) is 4.79 Å². The molecule has 36 heavy (non-hydrogen) atoms. The Bertz CT molecular complexity index is 1370. The highest BCUT2D eigenvalue weighted by atomic mass is 32.1. The SMILES string of the molecule is Cc1cc(C)c2c(N)c(C(=O)NC3CCc4nc(N5CC(N)C6(CCOC6)C5)c(F)cc4C3)sc2n1. The number of thiophene rings is 1. The molecule has 3 unspecified atom stereocenters. The fraction of sp³-hybridized carbons (Fsp3) is 0.500. The number of aryl methyl sites for hydroxylation is 3. The molecule has 3 aromatic rings. The first-order valence-electron chi connectivity index (χ1n) is 12.5. The summed E-state index contributed by atoms with van der Waals surface area (Å²) in [5, 5.41) is 3.96. The Hall–Kier alpha value is -2.82. The number of nitrogens with one attached hydrogen (secondary N) is 1. The van der Waals surface area contributed by atoms with Crippen molar-refractivity contribution < 1.29 is 13.9 Å². The number of halogens is 1. The number of aromatic nitrogens is 2. The lowest BCUT2D eigenvalue weighted by Gasteiger charge is -2.28. The highest BCUT2D eigenvalue weighted by Gasteiger charge is 2.48. The second-order valence-electron chi connectivity index (χ2n) is 10.6. The zero-order valence-electron chi connectivity index (χ0n) is 20.6. The fourth-order valence-corrected chi connectivity index (χ4v) is 7.17. The lowest BCUT2D eigenvalue weighted by Crippen LogP contribution is -2.40. The first-order chi connectivity index (χ1) is 17.2. The largest absolute Gasteiger partial charge is 0.397 e. The van der Waals surface area contributed by atoms with Crippen molar-refractivity contribution >= 4 is 39.0 Å². The van der Waals surface area contributed by atoms with Crippen molar-refractivity contribution in [2.45, 2.75) is 51.6 Å². The van der Waals surface area contributed by atoms with Crippen molar-refractivity contribution in [2.75, 3.05) is 36.9 Å². The number of nitrogen functional groups attached to an aromatic ring is 1. The van der Waals surface area contributed by atoms with E-state index in [1.165, 1.54) is 11.3 Å². The van der Waals surface area contributed by atoms with Crippen LogP contribution in [0.3, 0.4) is 0 Å². The fourth-order valence-electron chi connectivity index (χ4n) is 6.05. The summed E-state index contributed by atoms with van der Waals surface area (Å²) in [5.41, 5.74) is 16.8. The third kappa shape index (κ3) is 3.82. The second kappa shape index (κ2) is 8.64. The number of fused-ring (bicyclic) bond motifs is 2. The Morgan fingerprint density at radius 1 is 1.33 bits per heavy atom. The van der Waals surface area contributed by atoms with Crippen LogP contribution in [0, 0.1) is 25.1 Å². The molecule has 1 spiro atoms. The summed E-state index contributed by atoms with van der Waals surface area (Å²) in [7, 11) is 0. The van der Waals surface area contributed by atoms with Crippen LogP contribution in [0.2, 0.25) is 0 Å². The third-order valence-corrected chi connectivity index (χ3v) is 9.13. The van der Waals surface area contributed by atoms with Crippen LogP contribution in [0.25, 0.3) is 10.2 Å². The molecule has 5 heterocycles. The van der Waals surface area contributed by atoms with Gasteiger partial charge in [0.15, 0.2) is 11.6 Å². The molecule has 2 saturated heterocycles. The Balaban J connectivity index is 1.19. The summed E-state index contributed by atoms with van der Waals surface area (Å²) >= 11 is 1.32. The molecule has 0 saturated carbocycles. The number of hydrogen-bond donors (Lipinski definition) is 3. The van der Waals surface area contributed by atoms with Crippen molar-refractivity contribution in [1.82, 2.24) is 15.3 Å². The average molecular weight is 511 g/mol. The van der Waals surface area contributed by atoms with Gasteiger partial charge in [-0.3, -0.25) is 4.79 Å². The standard InChI is InChI=1S/C26H31FN6O2S/c1-13-7-14(2)30-25-20(13)21(29)22(36-25)24(34)31-16-3-4-18-15(8-16)9-17(27)23(32-18)33-10-19(28)26(11-33)5-6-35-12-26/h7,9,16,19H,3-6,8,10-12,28-29H2,1-2H3,(H,31,34). The van der Waals surface area contributed by atoms with E-state index in [0.29, 0.717) is 55.5 Å². The molecule has 2 aliphatic heterocycles. The van der Waals surface area contributed by atoms with Crippen molar-refractivity contribution in [3.8, 4) is 0 Å². The minimum absolute atomic E-state index is 0.0546. The summed E-state index contributed by atoms with van der Waals surface area (Å²) in [6.07, 6.45) is 2.83. The molecule has 8 nitrogen and oxygen atoms in total. The summed E-state index contributed by atoms with van der Waals surface area (Å²) < 4.78 is 20.8. The van der Waals surface area contributed by atoms with Crippen molar-refractivity contribution in [1.29, 1.82) is 0 Å². The maximum absolute atomic E-state index is 15.2. The molecule has 6 rings (SSSR count). The van der Waals surface area contributed by atoms with Crippen LogP contribution >= 0.6 is 11.3 Å². The molecule has 5 N–H and O–H groups in total. The highest BCUT2D eigenvalue weighted by molar-refractivity contribution is 7.21. The quantitative estimate of drug-likeness (QED) is 0.496. The third-order valence-electron chi connectivity index (χ3n) is 8.03. The Kier molecular flexibility index (Phi) is 5.66. The lowest BCUT2D eigenvalue weighted by atomic mass is 9.83. The van der Waals surface area contributed by atoms with Crippen LogP contribution < -0.4 is 21.7 Å². The van der Waals surface area contributed by atoms with Crippen LogP contribution in [0.5, 0.6) is 0 Å². The molecule has 2 fully saturated rings. The number of nitrogens with two attached hydrogens (primary N) is 2. The summed E-state index contributed by atoms with van der Waals surface area (Å²) in [6.45, 7) is 6.48. The average Bonchev–Trinajstić information content (AvgIpc) is 3.52. The zero-order valence-corrected chi connectivity index (χ0v) is 21.4. The first-order valence-corrected chi connectivity index (χ1v) is 13.3. The van der Waals surface area contributed by atoms with E-state index in [0.717, 1.165) is 45.6 Å². The van der Waals surface area contributed by atoms with Gasteiger partial charge < -0.3 is 26.4 Å². The highest BCUT2D eigenvalue weighted by Crippen LogP contribution is 2.40. The van der Waals surface area contributed by atoms with Crippen molar-refractivity contribution in [3.05, 3.63) is 45.3 Å². The molecular weight excluding hydrogens is 479 g/mol. The maximum atomic E-state index is 15.2. The van der Waals surface area contributed by atoms with Gasteiger partial charge in [0.25, 0.3) is 5.91 Å². The lowest BCUT2D eigenvalue weighted by molar-refractivity contribution is 0.0938. The van der Waals surface area contributed by atoms with Crippen LogP contribution in [-0.2, 0) is 17.6 Å². The Morgan fingerprint density at radius 2 is 2.17 bits per heavy atom. The molecule has 3 aliphatic rings. The van der Waals surface area contributed by atoms with Crippen molar-refractivity contribution in [3.63, 3.8) is 0 Å². The van der Waals surface area contributed by atoms with Crippen LogP contribution in [0.15, 0.2) is 12.1 Å². The molecule has 3 atom stereocenters. The van der Waals surface area contributed by atoms with Gasteiger partial charge in [-0.1, -0.05) is 0 Å². The molecule has 1 amide bonds. The van der Waals surface area contributed by atoms with Crippen LogP contribution in [-0.4, -0.2) is 54.3 Å². The summed E-state index contributed by atoms with van der Waals surface area (Å²) in [6, 6.07) is 3.39. The minimum atomic E-state index is -0.338. The van der Waals surface area contributed by atoms with Gasteiger partial charge in [0.1, 0.15) is 9.71 Å². The monoisotopic (exact) mass is 510 g/mol. The molecule has 3 aromatic heterocycles. The van der Waals surface area contributed by atoms with Crippen LogP contribution in [0.4, 0.5) is 15.9 Å². The molecule has 0 radical (unpaired) electrons. The normalized spacial score (nSPS) is 25.6. The number of anilines is 2. The van der Waals surface area contributed by atoms with E-state index >= 15 is 4.39 Å². The van der Waals surface area contributed by atoms with Crippen LogP contribution in [0.1, 0.15) is 45.0 Å². The zero-order chi connectivity index (χ0) is 25.2. The van der Waals surface area contributed by atoms with Crippen molar-refractivity contribution in [2.24, 2.45) is 11.1 Å². The Labute approximate surface area is 213 Å². The molecule has 10 heteroatoms. The molecule has 0 aromatic carbocycles. The Morgan fingerprint density at radius 3 is 2.94 bits per heavy atom. The number of carbonyl (C=O) groups excluding carboxylic acids is 1. The number of hydrogen-bond acceptors (Lipinski definition) is 8. The molecule has 1 aliphatic carbocycles. The van der Waals surface area contributed by atoms with E-state index in [1.54, 1.807) is 6.07 Å². The van der Waals surface area contributed by atoms with Gasteiger partial charge in [0, 0.05) is 54.0 Å². The summed E-state index contributed by atoms with van der Waals surface area (Å²) in [5.74, 6) is -0.164. The smallest absolute Gasteiger partial charge is 0.263 e. The predicted molar refractivity (Wildman–Crippen MR) is 139 cm³/mol. The van der Waals surface area contributed by atoms with E-state index in [-0.39, 0.29) is 29.2 Å². The van der Waals surface area contributed by atoms with Gasteiger partial charge in [0.05, 0.1) is 12.3 Å². The number of pyridine rings is 2. The van der Waals surface area contributed by atoms with Gasteiger partial charge in [-0.15, -0.1) is 11.3 Å². The topological polar surface area (TPSA) is 119 Å². The molecule has 0 bridgehead atoms. The molecule has 190 valence electrons. The van der Waals surface area contributed by atoms with Gasteiger partial charge in [-0.05, 0) is 62.8 Å².